The highest BCUT2D eigenvalue weighted by atomic mass is 16.3. The average Bonchev–Trinajstić information content (AvgIpc) is 2.24. The fraction of sp³-hybridized carbons (Fsp3) is 0.0769. The van der Waals surface area contributed by atoms with E-state index in [1.807, 2.05) is 6.08 Å². The lowest BCUT2D eigenvalue weighted by molar-refractivity contribution is 0.471. The molecule has 0 bridgehead atoms. The van der Waals surface area contributed by atoms with Crippen molar-refractivity contribution in [3.05, 3.63) is 54.6 Å². The minimum absolute atomic E-state index is 0.207. The monoisotopic (exact) mass is 201 g/mol. The van der Waals surface area contributed by atoms with Gasteiger partial charge in [0, 0.05) is 16.8 Å². The highest BCUT2D eigenvalue weighted by Gasteiger charge is 2.07. The van der Waals surface area contributed by atoms with Gasteiger partial charge in [-0.25, -0.2) is 0 Å². The molecule has 0 aliphatic rings. The number of nitrogen functional groups attached to an aromatic ring is 1. The lowest BCUT2D eigenvalue weighted by Gasteiger charge is -2.10. The van der Waals surface area contributed by atoms with Gasteiger partial charge in [-0.3, -0.25) is 0 Å². The third-order valence-electron chi connectivity index (χ3n) is 2.31. The normalized spacial score (nSPS) is 11.1. The molecular formula is C13H15NO. The van der Waals surface area contributed by atoms with Crippen LogP contribution in [-0.4, -0.2) is 5.11 Å². The van der Waals surface area contributed by atoms with Crippen molar-refractivity contribution in [1.82, 2.24) is 0 Å². The van der Waals surface area contributed by atoms with E-state index in [4.69, 9.17) is 5.73 Å². The number of rotatable bonds is 3. The Morgan fingerprint density at radius 2 is 2.07 bits per heavy atom. The number of phenolic OH excluding ortho intramolecular Hbond substituents is 1. The third kappa shape index (κ3) is 2.10. The first kappa shape index (κ1) is 11.1. The van der Waals surface area contributed by atoms with Crippen molar-refractivity contribution in [3.8, 4) is 5.75 Å². The van der Waals surface area contributed by atoms with Crippen molar-refractivity contribution in [2.75, 3.05) is 5.73 Å². The molecule has 0 aliphatic carbocycles. The molecule has 2 heteroatoms. The van der Waals surface area contributed by atoms with Gasteiger partial charge in [-0.15, -0.1) is 0 Å². The van der Waals surface area contributed by atoms with Crippen molar-refractivity contribution in [1.29, 1.82) is 0 Å². The molecule has 15 heavy (non-hydrogen) atoms. The second-order valence-electron chi connectivity index (χ2n) is 3.23. The zero-order valence-electron chi connectivity index (χ0n) is 8.83. The second kappa shape index (κ2) is 4.51. The van der Waals surface area contributed by atoms with E-state index in [2.05, 4.69) is 13.2 Å². The lowest BCUT2D eigenvalue weighted by atomic mass is 10.00. The molecule has 0 aromatic heterocycles. The van der Waals surface area contributed by atoms with Crippen LogP contribution in [0.5, 0.6) is 5.75 Å². The Kier molecular flexibility index (Phi) is 3.34. The minimum Gasteiger partial charge on any atom is -0.508 e. The molecule has 0 atom stereocenters. The first-order valence-corrected chi connectivity index (χ1v) is 4.65. The van der Waals surface area contributed by atoms with Crippen LogP contribution >= 0.6 is 0 Å². The van der Waals surface area contributed by atoms with E-state index < -0.39 is 0 Å². The van der Waals surface area contributed by atoms with Gasteiger partial charge in [0.1, 0.15) is 5.75 Å². The molecule has 0 saturated carbocycles. The molecule has 78 valence electrons. The molecule has 3 N–H and O–H groups in total. The summed E-state index contributed by atoms with van der Waals surface area (Å²) in [6.07, 6.45) is 5.22. The first-order valence-electron chi connectivity index (χ1n) is 4.65. The highest BCUT2D eigenvalue weighted by Crippen LogP contribution is 2.30. The maximum absolute atomic E-state index is 9.46. The van der Waals surface area contributed by atoms with Crippen LogP contribution in [0.1, 0.15) is 11.1 Å². The first-order chi connectivity index (χ1) is 7.11. The molecule has 0 fully saturated rings. The maximum Gasteiger partial charge on any atom is 0.120 e. The molecule has 1 rings (SSSR count). The Bertz CT molecular complexity index is 430. The van der Waals surface area contributed by atoms with E-state index in [0.717, 1.165) is 11.1 Å². The van der Waals surface area contributed by atoms with Gasteiger partial charge in [0.15, 0.2) is 0 Å². The molecule has 0 saturated heterocycles. The summed E-state index contributed by atoms with van der Waals surface area (Å²) in [6.45, 7) is 9.12. The van der Waals surface area contributed by atoms with Crippen molar-refractivity contribution in [2.24, 2.45) is 0 Å². The maximum atomic E-state index is 9.46. The highest BCUT2D eigenvalue weighted by molar-refractivity contribution is 5.83. The van der Waals surface area contributed by atoms with E-state index >= 15 is 0 Å². The van der Waals surface area contributed by atoms with Gasteiger partial charge < -0.3 is 10.8 Å². The standard InChI is InChI=1S/C13H15NO/c1-4-6-10(5-2)11-7-8-12(15)9(3)13(11)14/h4-8,15H,1-2,14H2,3H3/b10-6+. The van der Waals surface area contributed by atoms with Crippen molar-refractivity contribution < 1.29 is 5.11 Å². The van der Waals surface area contributed by atoms with Gasteiger partial charge in [0.05, 0.1) is 0 Å². The largest absolute Gasteiger partial charge is 0.508 e. The SMILES string of the molecule is C=C/C=C(\C=C)c1ccc(O)c(C)c1N. The van der Waals surface area contributed by atoms with Gasteiger partial charge in [0.2, 0.25) is 0 Å². The number of anilines is 1. The molecule has 1 aromatic rings. The molecule has 0 heterocycles. The van der Waals surface area contributed by atoms with Crippen LogP contribution in [0, 0.1) is 6.92 Å². The predicted molar refractivity (Wildman–Crippen MR) is 65.6 cm³/mol. The summed E-state index contributed by atoms with van der Waals surface area (Å²) >= 11 is 0. The zero-order valence-corrected chi connectivity index (χ0v) is 8.83. The molecule has 0 amide bonds. The van der Waals surface area contributed by atoms with Gasteiger partial charge in [0.25, 0.3) is 0 Å². The quantitative estimate of drug-likeness (QED) is 0.583. The number of aromatic hydroxyl groups is 1. The Labute approximate surface area is 90.1 Å². The summed E-state index contributed by atoms with van der Waals surface area (Å²) < 4.78 is 0. The van der Waals surface area contributed by atoms with E-state index in [-0.39, 0.29) is 5.75 Å². The summed E-state index contributed by atoms with van der Waals surface area (Å²) in [5.41, 5.74) is 8.92. The average molecular weight is 201 g/mol. The van der Waals surface area contributed by atoms with Crippen LogP contribution in [-0.2, 0) is 0 Å². The van der Waals surface area contributed by atoms with Crippen LogP contribution in [0.4, 0.5) is 5.69 Å². The van der Waals surface area contributed by atoms with Crippen molar-refractivity contribution in [3.63, 3.8) is 0 Å². The fourth-order valence-corrected chi connectivity index (χ4v) is 1.36. The van der Waals surface area contributed by atoms with Crippen LogP contribution in [0.3, 0.4) is 0 Å². The molecular weight excluding hydrogens is 186 g/mol. The Morgan fingerprint density at radius 1 is 1.40 bits per heavy atom. The summed E-state index contributed by atoms with van der Waals surface area (Å²) in [7, 11) is 0. The van der Waals surface area contributed by atoms with E-state index in [9.17, 15) is 5.11 Å². The zero-order chi connectivity index (χ0) is 11.4. The Balaban J connectivity index is 3.38. The smallest absolute Gasteiger partial charge is 0.120 e. The topological polar surface area (TPSA) is 46.2 Å². The Hall–Kier alpha value is -1.96. The van der Waals surface area contributed by atoms with Gasteiger partial charge in [-0.2, -0.15) is 0 Å². The Morgan fingerprint density at radius 3 is 2.60 bits per heavy atom. The number of benzene rings is 1. The third-order valence-corrected chi connectivity index (χ3v) is 2.31. The van der Waals surface area contributed by atoms with Crippen LogP contribution in [0.25, 0.3) is 5.57 Å². The van der Waals surface area contributed by atoms with E-state index in [1.54, 1.807) is 31.2 Å². The number of hydrogen-bond acceptors (Lipinski definition) is 2. The van der Waals surface area contributed by atoms with Crippen molar-refractivity contribution in [2.45, 2.75) is 6.92 Å². The molecule has 0 unspecified atom stereocenters. The summed E-state index contributed by atoms with van der Waals surface area (Å²) in [5, 5.41) is 9.46. The number of phenols is 1. The number of hydrogen-bond donors (Lipinski definition) is 2. The molecule has 0 aliphatic heterocycles. The predicted octanol–water partition coefficient (Wildman–Crippen LogP) is 3.04. The van der Waals surface area contributed by atoms with E-state index in [0.29, 0.717) is 11.3 Å². The summed E-state index contributed by atoms with van der Waals surface area (Å²) in [5.74, 6) is 0.207. The molecule has 1 aromatic carbocycles. The fourth-order valence-electron chi connectivity index (χ4n) is 1.36. The van der Waals surface area contributed by atoms with Crippen molar-refractivity contribution >= 4 is 11.3 Å². The molecule has 2 nitrogen and oxygen atoms in total. The lowest BCUT2D eigenvalue weighted by Crippen LogP contribution is -1.96. The van der Waals surface area contributed by atoms with Crippen LogP contribution in [0.15, 0.2) is 43.5 Å². The number of nitrogens with two attached hydrogens (primary N) is 1. The molecule has 0 radical (unpaired) electrons. The summed E-state index contributed by atoms with van der Waals surface area (Å²) in [4.78, 5) is 0. The summed E-state index contributed by atoms with van der Waals surface area (Å²) in [6, 6.07) is 3.40. The van der Waals surface area contributed by atoms with Crippen LogP contribution < -0.4 is 5.73 Å². The van der Waals surface area contributed by atoms with Crippen LogP contribution in [0.2, 0.25) is 0 Å². The second-order valence-corrected chi connectivity index (χ2v) is 3.23. The number of allylic oxidation sites excluding steroid dienone is 4. The van der Waals surface area contributed by atoms with Gasteiger partial charge in [-0.1, -0.05) is 31.4 Å². The minimum atomic E-state index is 0.207. The van der Waals surface area contributed by atoms with E-state index in [1.165, 1.54) is 0 Å². The van der Waals surface area contributed by atoms with Gasteiger partial charge >= 0.3 is 0 Å². The molecule has 0 spiro atoms. The van der Waals surface area contributed by atoms with Gasteiger partial charge in [-0.05, 0) is 24.6 Å².